The van der Waals surface area contributed by atoms with E-state index in [1.807, 2.05) is 30.3 Å². The number of esters is 1. The van der Waals surface area contributed by atoms with Crippen LogP contribution in [-0.4, -0.2) is 76.1 Å². The quantitative estimate of drug-likeness (QED) is 0.195. The van der Waals surface area contributed by atoms with Crippen LogP contribution in [0.2, 0.25) is 0 Å². The Balaban J connectivity index is 1.80. The second-order valence-electron chi connectivity index (χ2n) is 8.64. The molecule has 0 aliphatic carbocycles. The van der Waals surface area contributed by atoms with Crippen molar-refractivity contribution >= 4 is 24.1 Å². The molecule has 0 saturated carbocycles. The average molecular weight is 537 g/mol. The van der Waals surface area contributed by atoms with Crippen molar-refractivity contribution in [3.8, 4) is 0 Å². The number of alkyl halides is 1. The van der Waals surface area contributed by atoms with Crippen LogP contribution < -0.4 is 16.0 Å². The van der Waals surface area contributed by atoms with E-state index in [4.69, 9.17) is 9.47 Å². The number of rotatable bonds is 15. The lowest BCUT2D eigenvalue weighted by atomic mass is 9.96. The highest BCUT2D eigenvalue weighted by molar-refractivity contribution is 5.89. The molecule has 0 aliphatic heterocycles. The van der Waals surface area contributed by atoms with Gasteiger partial charge in [0.1, 0.15) is 24.9 Å². The van der Waals surface area contributed by atoms with Crippen LogP contribution in [-0.2, 0) is 38.6 Å². The lowest BCUT2D eigenvalue weighted by Crippen LogP contribution is -2.59. The summed E-state index contributed by atoms with van der Waals surface area (Å²) in [4.78, 5) is 48.5. The summed E-state index contributed by atoms with van der Waals surface area (Å²) in [5.41, 5.74) is -0.443. The number of nitrogens with zero attached hydrogens (tertiary/aromatic N) is 3. The number of methoxy groups -OCH3 is 1. The minimum atomic E-state index is -1.59. The molecule has 0 saturated heterocycles. The van der Waals surface area contributed by atoms with Crippen molar-refractivity contribution in [2.45, 2.75) is 57.3 Å². The summed E-state index contributed by atoms with van der Waals surface area (Å²) in [5.74, 6) is -2.05. The van der Waals surface area contributed by atoms with Gasteiger partial charge >= 0.3 is 24.1 Å². The van der Waals surface area contributed by atoms with E-state index in [9.17, 15) is 28.7 Å². The number of benzene rings is 1. The number of aromatic nitrogens is 3. The third kappa shape index (κ3) is 10.0. The van der Waals surface area contributed by atoms with Gasteiger partial charge < -0.3 is 30.5 Å². The van der Waals surface area contributed by atoms with Crippen molar-refractivity contribution in [2.75, 3.05) is 20.3 Å². The maximum absolute atomic E-state index is 12.6. The zero-order valence-corrected chi connectivity index (χ0v) is 21.3. The van der Waals surface area contributed by atoms with Crippen molar-refractivity contribution in [3.05, 3.63) is 47.8 Å². The highest BCUT2D eigenvalue weighted by Crippen LogP contribution is 2.14. The molecule has 2 aromatic rings. The third-order valence-corrected chi connectivity index (χ3v) is 5.46. The lowest BCUT2D eigenvalue weighted by molar-refractivity contribution is -0.147. The summed E-state index contributed by atoms with van der Waals surface area (Å²) in [6.07, 6.45) is 1.63. The van der Waals surface area contributed by atoms with Gasteiger partial charge in [-0.25, -0.2) is 28.3 Å². The van der Waals surface area contributed by atoms with Crippen molar-refractivity contribution < 1.29 is 38.1 Å². The topological polar surface area (TPSA) is 174 Å². The van der Waals surface area contributed by atoms with E-state index in [0.29, 0.717) is 18.5 Å². The van der Waals surface area contributed by atoms with Gasteiger partial charge in [-0.05, 0) is 31.7 Å². The number of amides is 3. The Kier molecular flexibility index (Phi) is 11.9. The number of ether oxygens (including phenoxy) is 2. The maximum atomic E-state index is 12.6. The van der Waals surface area contributed by atoms with Crippen LogP contribution in [0.1, 0.15) is 37.4 Å². The normalized spacial score (nSPS) is 13.0. The minimum Gasteiger partial charge on any atom is -0.480 e. The number of urea groups is 1. The van der Waals surface area contributed by atoms with Crippen LogP contribution in [0.3, 0.4) is 0 Å². The number of unbranched alkanes of at least 4 members (excludes halogenated alkanes) is 1. The molecule has 0 fully saturated rings. The number of aliphatic carboxylic acids is 1. The van der Waals surface area contributed by atoms with Gasteiger partial charge in [-0.15, -0.1) is 5.10 Å². The van der Waals surface area contributed by atoms with E-state index in [1.54, 1.807) is 0 Å². The summed E-state index contributed by atoms with van der Waals surface area (Å²) in [6, 6.07) is 7.04. The first-order valence-corrected chi connectivity index (χ1v) is 12.0. The summed E-state index contributed by atoms with van der Waals surface area (Å²) >= 11 is 0. The third-order valence-electron chi connectivity index (χ3n) is 5.46. The molecule has 0 aliphatic rings. The first-order chi connectivity index (χ1) is 18.2. The molecule has 0 spiro atoms. The Morgan fingerprint density at radius 1 is 1.18 bits per heavy atom. The Labute approximate surface area is 219 Å². The molecule has 1 aromatic carbocycles. The van der Waals surface area contributed by atoms with Gasteiger partial charge in [-0.1, -0.05) is 35.5 Å². The molecule has 14 heteroatoms. The molecule has 2 rings (SSSR count). The fourth-order valence-corrected chi connectivity index (χ4v) is 3.51. The summed E-state index contributed by atoms with van der Waals surface area (Å²) in [5, 5.41) is 24.5. The second kappa shape index (κ2) is 15.1. The molecule has 208 valence electrons. The number of halogens is 1. The molecule has 3 amide bonds. The molecule has 0 radical (unpaired) electrons. The second-order valence-corrected chi connectivity index (χ2v) is 8.64. The van der Waals surface area contributed by atoms with Crippen molar-refractivity contribution in [3.63, 3.8) is 0 Å². The Morgan fingerprint density at radius 2 is 1.92 bits per heavy atom. The smallest absolute Gasteiger partial charge is 0.407 e. The van der Waals surface area contributed by atoms with Crippen LogP contribution in [0, 0.1) is 0 Å². The van der Waals surface area contributed by atoms with E-state index in [0.717, 1.165) is 12.7 Å². The van der Waals surface area contributed by atoms with E-state index in [-0.39, 0.29) is 32.5 Å². The van der Waals surface area contributed by atoms with Crippen LogP contribution in [0.5, 0.6) is 0 Å². The van der Waals surface area contributed by atoms with Crippen LogP contribution in [0.15, 0.2) is 36.5 Å². The van der Waals surface area contributed by atoms with Crippen molar-refractivity contribution in [1.82, 2.24) is 30.9 Å². The van der Waals surface area contributed by atoms with Crippen LogP contribution in [0.25, 0.3) is 0 Å². The Hall–Kier alpha value is -4.23. The minimum absolute atomic E-state index is 0.0134. The molecule has 1 aromatic heterocycles. The SMILES string of the molecule is COC(=O)C(C)(Cc1cn(CCF)nn1)NC(=O)NC(CCCCNC(=O)OCc1ccccc1)C(=O)O. The van der Waals surface area contributed by atoms with E-state index >= 15 is 0 Å². The summed E-state index contributed by atoms with van der Waals surface area (Å²) in [6.45, 7) is 1.12. The number of carboxylic acid groups (broad SMARTS) is 1. The van der Waals surface area contributed by atoms with Gasteiger partial charge in [0.15, 0.2) is 0 Å². The van der Waals surface area contributed by atoms with E-state index in [1.165, 1.54) is 17.8 Å². The highest BCUT2D eigenvalue weighted by atomic mass is 19.1. The van der Waals surface area contributed by atoms with Gasteiger partial charge in [0.2, 0.25) is 0 Å². The number of aryl methyl sites for hydroxylation is 1. The molecule has 2 unspecified atom stereocenters. The molecule has 2 atom stereocenters. The van der Waals surface area contributed by atoms with E-state index in [2.05, 4.69) is 26.3 Å². The predicted molar refractivity (Wildman–Crippen MR) is 132 cm³/mol. The fourth-order valence-electron chi connectivity index (χ4n) is 3.51. The monoisotopic (exact) mass is 536 g/mol. The first kappa shape index (κ1) is 30.0. The van der Waals surface area contributed by atoms with Crippen molar-refractivity contribution in [2.24, 2.45) is 0 Å². The first-order valence-electron chi connectivity index (χ1n) is 12.0. The molecule has 38 heavy (non-hydrogen) atoms. The summed E-state index contributed by atoms with van der Waals surface area (Å²) in [7, 11) is 1.14. The van der Waals surface area contributed by atoms with E-state index < -0.39 is 42.3 Å². The highest BCUT2D eigenvalue weighted by Gasteiger charge is 2.38. The summed E-state index contributed by atoms with van der Waals surface area (Å²) < 4.78 is 23.7. The molecule has 1 heterocycles. The number of hydrogen-bond donors (Lipinski definition) is 4. The molecule has 4 N–H and O–H groups in total. The standard InChI is InChI=1S/C24H33FN6O7/c1-24(21(34)37-2,14-18-15-31(13-11-25)30-29-18)28-22(35)27-19(20(32)33)10-6-7-12-26-23(36)38-16-17-8-4-3-5-9-17/h3-5,8-9,15,19H,6-7,10-14,16H2,1-2H3,(H,26,36)(H,32,33)(H2,27,28,35). The largest absolute Gasteiger partial charge is 0.480 e. The Bertz CT molecular complexity index is 1070. The van der Waals surface area contributed by atoms with Gasteiger partial charge in [0.25, 0.3) is 0 Å². The number of hydrogen-bond acceptors (Lipinski definition) is 8. The lowest BCUT2D eigenvalue weighted by Gasteiger charge is -2.28. The Morgan fingerprint density at radius 3 is 2.58 bits per heavy atom. The van der Waals surface area contributed by atoms with Crippen LogP contribution >= 0.6 is 0 Å². The molecule has 13 nitrogen and oxygen atoms in total. The van der Waals surface area contributed by atoms with Crippen LogP contribution in [0.4, 0.5) is 14.0 Å². The number of alkyl carbamates (subject to hydrolysis) is 1. The van der Waals surface area contributed by atoms with Gasteiger partial charge in [0.05, 0.1) is 19.3 Å². The maximum Gasteiger partial charge on any atom is 0.407 e. The fraction of sp³-hybridized carbons (Fsp3) is 0.500. The molecular weight excluding hydrogens is 503 g/mol. The number of nitrogens with one attached hydrogen (secondary N) is 3. The molecular formula is C24H33FN6O7. The van der Waals surface area contributed by atoms with Gasteiger partial charge in [0, 0.05) is 19.2 Å². The van der Waals surface area contributed by atoms with Gasteiger partial charge in [-0.2, -0.15) is 0 Å². The zero-order valence-electron chi connectivity index (χ0n) is 21.3. The average Bonchev–Trinajstić information content (AvgIpc) is 3.32. The van der Waals surface area contributed by atoms with Crippen molar-refractivity contribution in [1.29, 1.82) is 0 Å². The number of carboxylic acids is 1. The molecule has 0 bridgehead atoms. The predicted octanol–water partition coefficient (Wildman–Crippen LogP) is 1.57. The number of carbonyl (C=O) groups is 4. The number of carbonyl (C=O) groups excluding carboxylic acids is 3. The van der Waals surface area contributed by atoms with Gasteiger partial charge in [-0.3, -0.25) is 0 Å². The zero-order chi connectivity index (χ0) is 28.0.